The van der Waals surface area contributed by atoms with E-state index in [-0.39, 0.29) is 0 Å². The Morgan fingerprint density at radius 3 is 2.56 bits per heavy atom. The van der Waals surface area contributed by atoms with Gasteiger partial charge in [0.25, 0.3) is 0 Å². The quantitative estimate of drug-likeness (QED) is 0.502. The second-order valence-corrected chi connectivity index (χ2v) is 6.88. The van der Waals surface area contributed by atoms with Crippen LogP contribution in [0.4, 0.5) is 0 Å². The van der Waals surface area contributed by atoms with Crippen LogP contribution in [0, 0.1) is 0 Å². The van der Waals surface area contributed by atoms with Crippen LogP contribution in [0.15, 0.2) is 51.0 Å². The molecule has 1 fully saturated rings. The Kier molecular flexibility index (Phi) is 6.36. The first-order valence-electron chi connectivity index (χ1n) is 8.48. The standard InChI is InChI=1S/C18H25N5OS/c1-19-18(20-13-15-3-5-17(25-2)6-4-15)23-10-8-22(9-11-23)14-16-7-12-24-21-16/h3-7,12H,8-11,13-14H2,1-2H3,(H,19,20). The fraction of sp³-hybridized carbons (Fsp3) is 0.444. The van der Waals surface area contributed by atoms with Crippen molar-refractivity contribution in [2.45, 2.75) is 18.0 Å². The summed E-state index contributed by atoms with van der Waals surface area (Å²) in [7, 11) is 1.85. The second-order valence-electron chi connectivity index (χ2n) is 6.00. The van der Waals surface area contributed by atoms with Crippen LogP contribution >= 0.6 is 11.8 Å². The highest BCUT2D eigenvalue weighted by Gasteiger charge is 2.20. The molecular formula is C18H25N5OS. The molecule has 6 nitrogen and oxygen atoms in total. The van der Waals surface area contributed by atoms with Crippen LogP contribution in [-0.4, -0.2) is 60.4 Å². The third-order valence-corrected chi connectivity index (χ3v) is 5.11. The van der Waals surface area contributed by atoms with Crippen LogP contribution < -0.4 is 5.32 Å². The van der Waals surface area contributed by atoms with E-state index in [1.54, 1.807) is 18.0 Å². The van der Waals surface area contributed by atoms with Gasteiger partial charge in [-0.2, -0.15) is 0 Å². The lowest BCUT2D eigenvalue weighted by Crippen LogP contribution is -2.52. The van der Waals surface area contributed by atoms with Gasteiger partial charge in [0.05, 0.1) is 5.69 Å². The number of benzene rings is 1. The second kappa shape index (κ2) is 8.92. The molecule has 0 aliphatic carbocycles. The lowest BCUT2D eigenvalue weighted by atomic mass is 10.2. The van der Waals surface area contributed by atoms with Gasteiger partial charge in [0.1, 0.15) is 6.26 Å². The molecule has 7 heteroatoms. The molecule has 2 aromatic rings. The maximum atomic E-state index is 4.90. The normalized spacial score (nSPS) is 16.2. The van der Waals surface area contributed by atoms with Gasteiger partial charge in [-0.3, -0.25) is 9.89 Å². The van der Waals surface area contributed by atoms with Gasteiger partial charge in [0, 0.05) is 57.3 Å². The van der Waals surface area contributed by atoms with Gasteiger partial charge in [0.2, 0.25) is 0 Å². The molecule has 0 radical (unpaired) electrons. The predicted octanol–water partition coefficient (Wildman–Crippen LogP) is 2.29. The van der Waals surface area contributed by atoms with Gasteiger partial charge in [-0.05, 0) is 24.0 Å². The maximum Gasteiger partial charge on any atom is 0.194 e. The molecule has 134 valence electrons. The Bertz CT molecular complexity index is 663. The maximum absolute atomic E-state index is 4.90. The third-order valence-electron chi connectivity index (χ3n) is 4.37. The van der Waals surface area contributed by atoms with E-state index in [1.807, 2.05) is 13.1 Å². The van der Waals surface area contributed by atoms with Gasteiger partial charge < -0.3 is 14.7 Å². The van der Waals surface area contributed by atoms with E-state index >= 15 is 0 Å². The van der Waals surface area contributed by atoms with Crippen LogP contribution in [0.25, 0.3) is 0 Å². The minimum absolute atomic E-state index is 0.792. The van der Waals surface area contributed by atoms with E-state index in [9.17, 15) is 0 Å². The van der Waals surface area contributed by atoms with Crippen molar-refractivity contribution in [3.8, 4) is 0 Å². The topological polar surface area (TPSA) is 56.9 Å². The zero-order chi connectivity index (χ0) is 17.5. The smallest absolute Gasteiger partial charge is 0.194 e. The van der Waals surface area contributed by atoms with Gasteiger partial charge >= 0.3 is 0 Å². The lowest BCUT2D eigenvalue weighted by molar-refractivity contribution is 0.169. The van der Waals surface area contributed by atoms with E-state index in [0.29, 0.717) is 0 Å². The van der Waals surface area contributed by atoms with Crippen molar-refractivity contribution >= 4 is 17.7 Å². The zero-order valence-electron chi connectivity index (χ0n) is 14.8. The minimum atomic E-state index is 0.792. The number of aliphatic imine (C=N–C) groups is 1. The number of rotatable bonds is 5. The van der Waals surface area contributed by atoms with Crippen molar-refractivity contribution in [1.29, 1.82) is 0 Å². The first-order chi connectivity index (χ1) is 12.3. The summed E-state index contributed by atoms with van der Waals surface area (Å²) < 4.78 is 4.90. The van der Waals surface area contributed by atoms with Crippen molar-refractivity contribution in [2.24, 2.45) is 4.99 Å². The number of nitrogens with one attached hydrogen (secondary N) is 1. The summed E-state index contributed by atoms with van der Waals surface area (Å²) in [5, 5.41) is 7.46. The molecule has 0 unspecified atom stereocenters. The summed E-state index contributed by atoms with van der Waals surface area (Å²) in [4.78, 5) is 10.4. The first-order valence-corrected chi connectivity index (χ1v) is 9.71. The Morgan fingerprint density at radius 1 is 1.20 bits per heavy atom. The molecule has 1 aliphatic rings. The number of piperazine rings is 1. The molecule has 1 aromatic heterocycles. The van der Waals surface area contributed by atoms with Crippen molar-refractivity contribution in [3.05, 3.63) is 47.9 Å². The molecule has 3 rings (SSSR count). The number of nitrogens with zero attached hydrogens (tertiary/aromatic N) is 4. The largest absolute Gasteiger partial charge is 0.364 e. The SMILES string of the molecule is CN=C(NCc1ccc(SC)cc1)N1CCN(Cc2ccon2)CC1. The molecule has 1 aromatic carbocycles. The van der Waals surface area contributed by atoms with Crippen molar-refractivity contribution in [1.82, 2.24) is 20.3 Å². The van der Waals surface area contributed by atoms with Crippen LogP contribution in [0.5, 0.6) is 0 Å². The lowest BCUT2D eigenvalue weighted by Gasteiger charge is -2.36. The van der Waals surface area contributed by atoms with Crippen LogP contribution in [0.2, 0.25) is 0 Å². The van der Waals surface area contributed by atoms with Crippen LogP contribution in [-0.2, 0) is 13.1 Å². The highest BCUT2D eigenvalue weighted by Crippen LogP contribution is 2.15. The summed E-state index contributed by atoms with van der Waals surface area (Å²) in [5.41, 5.74) is 2.26. The molecule has 0 amide bonds. The molecule has 0 spiro atoms. The fourth-order valence-electron chi connectivity index (χ4n) is 2.92. The number of aromatic nitrogens is 1. The minimum Gasteiger partial charge on any atom is -0.364 e. The summed E-state index contributed by atoms with van der Waals surface area (Å²) in [6.07, 6.45) is 3.72. The highest BCUT2D eigenvalue weighted by atomic mass is 32.2. The molecule has 0 atom stereocenters. The van der Waals surface area contributed by atoms with Crippen LogP contribution in [0.1, 0.15) is 11.3 Å². The van der Waals surface area contributed by atoms with Crippen molar-refractivity contribution in [3.63, 3.8) is 0 Å². The monoisotopic (exact) mass is 359 g/mol. The zero-order valence-corrected chi connectivity index (χ0v) is 15.6. The Morgan fingerprint density at radius 2 is 1.96 bits per heavy atom. The molecular weight excluding hydrogens is 334 g/mol. The molecule has 1 aliphatic heterocycles. The van der Waals surface area contributed by atoms with Gasteiger partial charge in [-0.1, -0.05) is 17.3 Å². The van der Waals surface area contributed by atoms with E-state index in [1.165, 1.54) is 10.5 Å². The summed E-state index contributed by atoms with van der Waals surface area (Å²) in [6, 6.07) is 10.6. The predicted molar refractivity (Wildman–Crippen MR) is 102 cm³/mol. The molecule has 0 saturated carbocycles. The van der Waals surface area contributed by atoms with E-state index < -0.39 is 0 Å². The average molecular weight is 359 g/mol. The fourth-order valence-corrected chi connectivity index (χ4v) is 3.33. The molecule has 25 heavy (non-hydrogen) atoms. The van der Waals surface area contributed by atoms with Gasteiger partial charge in [0.15, 0.2) is 5.96 Å². The molecule has 0 bridgehead atoms. The number of hydrogen-bond donors (Lipinski definition) is 1. The van der Waals surface area contributed by atoms with E-state index in [0.717, 1.165) is 50.9 Å². The summed E-state index contributed by atoms with van der Waals surface area (Å²) in [6.45, 7) is 5.55. The van der Waals surface area contributed by atoms with Gasteiger partial charge in [-0.15, -0.1) is 11.8 Å². The molecule has 1 N–H and O–H groups in total. The van der Waals surface area contributed by atoms with Crippen LogP contribution in [0.3, 0.4) is 0 Å². The van der Waals surface area contributed by atoms with Gasteiger partial charge in [-0.25, -0.2) is 0 Å². The number of thioether (sulfide) groups is 1. The molecule has 1 saturated heterocycles. The Labute approximate surface area is 153 Å². The summed E-state index contributed by atoms with van der Waals surface area (Å²) >= 11 is 1.76. The third kappa shape index (κ3) is 4.99. The highest BCUT2D eigenvalue weighted by molar-refractivity contribution is 7.98. The van der Waals surface area contributed by atoms with Crippen molar-refractivity contribution in [2.75, 3.05) is 39.5 Å². The Balaban J connectivity index is 1.47. The number of guanidine groups is 1. The molecule has 2 heterocycles. The number of hydrogen-bond acceptors (Lipinski definition) is 5. The van der Waals surface area contributed by atoms with Crippen molar-refractivity contribution < 1.29 is 4.52 Å². The van der Waals surface area contributed by atoms with E-state index in [2.05, 4.69) is 55.8 Å². The Hall–Kier alpha value is -1.99. The van der Waals surface area contributed by atoms with E-state index in [4.69, 9.17) is 4.52 Å². The summed E-state index contributed by atoms with van der Waals surface area (Å²) in [5.74, 6) is 0.968. The first kappa shape index (κ1) is 17.8. The average Bonchev–Trinajstić information content (AvgIpc) is 3.17.